The van der Waals surface area contributed by atoms with E-state index in [0.717, 1.165) is 11.1 Å². The Morgan fingerprint density at radius 3 is 1.70 bits per heavy atom. The van der Waals surface area contributed by atoms with Crippen LogP contribution >= 0.6 is 0 Å². The molecule has 0 atom stereocenters. The fraction of sp³-hybridized carbons (Fsp3) is 0.259. The Balaban J connectivity index is 2.29. The number of rotatable bonds is 9. The first-order chi connectivity index (χ1) is 15.6. The molecule has 0 bridgehead atoms. The molecule has 0 unspecified atom stereocenters. The molecule has 6 heteroatoms. The second-order valence-corrected chi connectivity index (χ2v) is 8.20. The molecule has 0 aromatic heterocycles. The minimum Gasteiger partial charge on any atom is -0.508 e. The molecule has 0 saturated carbocycles. The van der Waals surface area contributed by atoms with Crippen molar-refractivity contribution in [2.24, 2.45) is 0 Å². The number of methoxy groups -OCH3 is 2. The van der Waals surface area contributed by atoms with Crippen LogP contribution in [0.2, 0.25) is 0 Å². The zero-order chi connectivity index (χ0) is 24.4. The highest BCUT2D eigenvalue weighted by Crippen LogP contribution is 2.19. The molecule has 0 radical (unpaired) electrons. The van der Waals surface area contributed by atoms with Gasteiger partial charge in [-0.25, -0.2) is 0 Å². The number of allylic oxidation sites excluding steroid dienone is 2. The van der Waals surface area contributed by atoms with Gasteiger partial charge in [-0.15, -0.1) is 0 Å². The summed E-state index contributed by atoms with van der Waals surface area (Å²) in [6.45, 7) is 5.22. The molecule has 1 N–H and O–H groups in total. The third-order valence-electron chi connectivity index (χ3n) is 4.44. The van der Waals surface area contributed by atoms with E-state index in [-0.39, 0.29) is 17.8 Å². The average molecular weight is 451 g/mol. The van der Waals surface area contributed by atoms with Gasteiger partial charge in [0.2, 0.25) is 0 Å². The molecule has 2 aromatic carbocycles. The Kier molecular flexibility index (Phi) is 9.04. The molecule has 0 amide bonds. The summed E-state index contributed by atoms with van der Waals surface area (Å²) in [4.78, 5) is 25.3. The van der Waals surface area contributed by atoms with Crippen molar-refractivity contribution in [2.75, 3.05) is 14.2 Å². The first-order valence-electron chi connectivity index (χ1n) is 10.4. The number of carbonyl (C=O) groups excluding carboxylic acids is 2. The van der Waals surface area contributed by atoms with Gasteiger partial charge in [0.15, 0.2) is 5.78 Å². The highest BCUT2D eigenvalue weighted by Gasteiger charge is 2.21. The quantitative estimate of drug-likeness (QED) is 0.234. The summed E-state index contributed by atoms with van der Waals surface area (Å²) in [5, 5.41) is 10.6. The van der Waals surface area contributed by atoms with E-state index in [1.807, 2.05) is 12.1 Å². The summed E-state index contributed by atoms with van der Waals surface area (Å²) >= 11 is 0. The Labute approximate surface area is 194 Å². The van der Waals surface area contributed by atoms with Gasteiger partial charge < -0.3 is 19.3 Å². The van der Waals surface area contributed by atoms with Crippen molar-refractivity contribution < 1.29 is 28.9 Å². The van der Waals surface area contributed by atoms with Crippen LogP contribution in [-0.2, 0) is 14.3 Å². The van der Waals surface area contributed by atoms with E-state index in [2.05, 4.69) is 0 Å². The normalized spacial score (nSPS) is 12.5. The van der Waals surface area contributed by atoms with Gasteiger partial charge in [0, 0.05) is 0 Å². The van der Waals surface area contributed by atoms with Gasteiger partial charge in [-0.3, -0.25) is 9.59 Å². The van der Waals surface area contributed by atoms with Crippen molar-refractivity contribution in [3.05, 3.63) is 83.1 Å². The van der Waals surface area contributed by atoms with E-state index in [1.165, 1.54) is 12.2 Å². The molecule has 0 saturated heterocycles. The molecular weight excluding hydrogens is 420 g/mol. The number of aliphatic hydroxyl groups is 1. The first kappa shape index (κ1) is 25.5. The predicted molar refractivity (Wildman–Crippen MR) is 129 cm³/mol. The Bertz CT molecular complexity index is 1040. The van der Waals surface area contributed by atoms with Crippen LogP contribution < -0.4 is 9.47 Å². The van der Waals surface area contributed by atoms with E-state index < -0.39 is 17.4 Å². The molecule has 0 spiro atoms. The van der Waals surface area contributed by atoms with Crippen LogP contribution in [0.5, 0.6) is 11.5 Å². The Hall–Kier alpha value is -3.80. The lowest BCUT2D eigenvalue weighted by Crippen LogP contribution is -2.25. The lowest BCUT2D eigenvalue weighted by molar-refractivity contribution is -0.154. The van der Waals surface area contributed by atoms with E-state index in [1.54, 1.807) is 83.5 Å². The fourth-order valence-electron chi connectivity index (χ4n) is 2.80. The van der Waals surface area contributed by atoms with Crippen molar-refractivity contribution >= 4 is 23.9 Å². The lowest BCUT2D eigenvalue weighted by Gasteiger charge is -2.19. The Morgan fingerprint density at radius 1 is 0.818 bits per heavy atom. The van der Waals surface area contributed by atoms with Crippen LogP contribution in [0.15, 0.2) is 72.0 Å². The topological polar surface area (TPSA) is 82.1 Å². The Morgan fingerprint density at radius 2 is 1.27 bits per heavy atom. The second-order valence-electron chi connectivity index (χ2n) is 8.20. The molecule has 33 heavy (non-hydrogen) atoms. The molecule has 0 aliphatic rings. The van der Waals surface area contributed by atoms with E-state index in [0.29, 0.717) is 11.5 Å². The standard InChI is InChI=1S/C27H30O6/c1-27(2,3)33-26(30)18-23(24(28)16-10-19-6-12-21(31-4)13-7-19)25(29)17-11-20-8-14-22(32-5)15-9-20/h6-17,28H,18H2,1-5H3/b16-10+,17-11+,24-23-. The molecule has 0 aliphatic heterocycles. The van der Waals surface area contributed by atoms with Gasteiger partial charge in [-0.2, -0.15) is 0 Å². The SMILES string of the molecule is COc1ccc(/C=C/C(=O)/C(CC(=O)OC(C)(C)C)=C(O)/C=C/c2ccc(OC)cc2)cc1. The summed E-state index contributed by atoms with van der Waals surface area (Å²) in [5.74, 6) is 0.00406. The fourth-order valence-corrected chi connectivity index (χ4v) is 2.80. The molecule has 0 fully saturated rings. The van der Waals surface area contributed by atoms with Gasteiger partial charge in [-0.1, -0.05) is 36.4 Å². The maximum absolute atomic E-state index is 12.9. The van der Waals surface area contributed by atoms with Crippen molar-refractivity contribution in [3.63, 3.8) is 0 Å². The van der Waals surface area contributed by atoms with Crippen molar-refractivity contribution in [1.82, 2.24) is 0 Å². The van der Waals surface area contributed by atoms with Crippen LogP contribution in [0.3, 0.4) is 0 Å². The zero-order valence-corrected chi connectivity index (χ0v) is 19.6. The van der Waals surface area contributed by atoms with Crippen LogP contribution in [0.4, 0.5) is 0 Å². The summed E-state index contributed by atoms with van der Waals surface area (Å²) in [6, 6.07) is 14.3. The van der Waals surface area contributed by atoms with Crippen molar-refractivity contribution in [2.45, 2.75) is 32.8 Å². The van der Waals surface area contributed by atoms with Crippen LogP contribution in [0, 0.1) is 0 Å². The summed E-state index contributed by atoms with van der Waals surface area (Å²) in [5.41, 5.74) is 0.798. The number of carbonyl (C=O) groups is 2. The third-order valence-corrected chi connectivity index (χ3v) is 4.44. The van der Waals surface area contributed by atoms with Crippen LogP contribution in [0.1, 0.15) is 38.3 Å². The minimum absolute atomic E-state index is 0.0567. The number of hydrogen-bond donors (Lipinski definition) is 1. The summed E-state index contributed by atoms with van der Waals surface area (Å²) in [6.07, 6.45) is 5.60. The highest BCUT2D eigenvalue weighted by atomic mass is 16.6. The number of ether oxygens (including phenoxy) is 3. The zero-order valence-electron chi connectivity index (χ0n) is 19.6. The van der Waals surface area contributed by atoms with Gasteiger partial charge in [0.05, 0.1) is 26.2 Å². The second kappa shape index (κ2) is 11.7. The highest BCUT2D eigenvalue weighted by molar-refractivity contribution is 6.09. The molecule has 174 valence electrons. The maximum Gasteiger partial charge on any atom is 0.311 e. The molecule has 2 aromatic rings. The molecule has 6 nitrogen and oxygen atoms in total. The molecular formula is C27H30O6. The summed E-state index contributed by atoms with van der Waals surface area (Å²) < 4.78 is 15.6. The average Bonchev–Trinajstić information content (AvgIpc) is 2.79. The first-order valence-corrected chi connectivity index (χ1v) is 10.4. The number of benzene rings is 2. The number of ketones is 1. The van der Waals surface area contributed by atoms with E-state index in [9.17, 15) is 14.7 Å². The van der Waals surface area contributed by atoms with Gasteiger partial charge in [-0.05, 0) is 68.3 Å². The van der Waals surface area contributed by atoms with E-state index >= 15 is 0 Å². The van der Waals surface area contributed by atoms with Gasteiger partial charge in [0.1, 0.15) is 22.9 Å². The van der Waals surface area contributed by atoms with Crippen molar-refractivity contribution in [1.29, 1.82) is 0 Å². The monoisotopic (exact) mass is 450 g/mol. The smallest absolute Gasteiger partial charge is 0.311 e. The summed E-state index contributed by atoms with van der Waals surface area (Å²) in [7, 11) is 3.15. The van der Waals surface area contributed by atoms with Gasteiger partial charge in [0.25, 0.3) is 0 Å². The van der Waals surface area contributed by atoms with E-state index in [4.69, 9.17) is 14.2 Å². The number of aliphatic hydroxyl groups excluding tert-OH is 1. The largest absolute Gasteiger partial charge is 0.508 e. The number of hydrogen-bond acceptors (Lipinski definition) is 6. The van der Waals surface area contributed by atoms with Crippen LogP contribution in [0.25, 0.3) is 12.2 Å². The number of esters is 1. The minimum atomic E-state index is -0.710. The predicted octanol–water partition coefficient (Wildman–Crippen LogP) is 5.54. The molecule has 0 heterocycles. The molecule has 2 rings (SSSR count). The molecule has 0 aliphatic carbocycles. The van der Waals surface area contributed by atoms with Crippen molar-refractivity contribution in [3.8, 4) is 11.5 Å². The van der Waals surface area contributed by atoms with Gasteiger partial charge >= 0.3 is 5.97 Å². The maximum atomic E-state index is 12.9. The third kappa shape index (κ3) is 8.69. The lowest BCUT2D eigenvalue weighted by atomic mass is 10.0. The van der Waals surface area contributed by atoms with Crippen LogP contribution in [-0.4, -0.2) is 36.7 Å².